The minimum absolute atomic E-state index is 0.0525. The van der Waals surface area contributed by atoms with Gasteiger partial charge in [-0.2, -0.15) is 4.98 Å². The van der Waals surface area contributed by atoms with E-state index in [9.17, 15) is 4.79 Å². The summed E-state index contributed by atoms with van der Waals surface area (Å²) in [4.78, 5) is 29.6. The van der Waals surface area contributed by atoms with Crippen molar-refractivity contribution in [1.82, 2.24) is 24.4 Å². The molecule has 10 nitrogen and oxygen atoms in total. The van der Waals surface area contributed by atoms with E-state index in [1.165, 1.54) is 5.56 Å². The summed E-state index contributed by atoms with van der Waals surface area (Å²) < 4.78 is 1.81. The number of nitrogens with zero attached hydrogens (tertiary/aromatic N) is 7. The highest BCUT2D eigenvalue weighted by Crippen LogP contribution is 2.37. The average molecular weight is 615 g/mol. The van der Waals surface area contributed by atoms with Crippen LogP contribution in [-0.4, -0.2) is 89.9 Å². The highest BCUT2D eigenvalue weighted by Gasteiger charge is 2.36. The fraction of sp³-hybridized carbons (Fsp3) is 0.394. The summed E-state index contributed by atoms with van der Waals surface area (Å²) in [5.74, 6) is 0.552. The van der Waals surface area contributed by atoms with Crippen molar-refractivity contribution in [3.05, 3.63) is 83.0 Å². The zero-order chi connectivity index (χ0) is 30.7. The lowest BCUT2D eigenvalue weighted by Gasteiger charge is -2.40. The number of carbonyl (C=O) groups is 1. The molecule has 4 aromatic rings. The van der Waals surface area contributed by atoms with Crippen LogP contribution in [0, 0.1) is 0 Å². The molecule has 0 atom stereocenters. The van der Waals surface area contributed by atoms with Gasteiger partial charge in [-0.15, -0.1) is 5.10 Å². The third-order valence-corrected chi connectivity index (χ3v) is 9.36. The zero-order valence-electron chi connectivity index (χ0n) is 25.5. The lowest BCUT2D eigenvalue weighted by atomic mass is 9.73. The summed E-state index contributed by atoms with van der Waals surface area (Å²) in [6.07, 6.45) is 7.56. The molecule has 2 fully saturated rings. The van der Waals surface area contributed by atoms with E-state index in [0.29, 0.717) is 16.5 Å². The quantitative estimate of drug-likeness (QED) is 0.208. The number of nitrogens with one attached hydrogen (secondary N) is 1. The first kappa shape index (κ1) is 29.9. The van der Waals surface area contributed by atoms with Crippen molar-refractivity contribution in [2.24, 2.45) is 5.16 Å². The van der Waals surface area contributed by atoms with Gasteiger partial charge in [-0.3, -0.25) is 4.79 Å². The Bertz CT molecular complexity index is 1610. The first-order chi connectivity index (χ1) is 21.3. The van der Waals surface area contributed by atoms with Crippen LogP contribution in [0.2, 0.25) is 5.02 Å². The highest BCUT2D eigenvalue weighted by atomic mass is 35.5. The second-order valence-corrected chi connectivity index (χ2v) is 12.3. The van der Waals surface area contributed by atoms with E-state index in [1.807, 2.05) is 66.8 Å². The van der Waals surface area contributed by atoms with Crippen molar-refractivity contribution in [1.29, 1.82) is 0 Å². The number of halogens is 1. The number of rotatable bonds is 8. The second-order valence-electron chi connectivity index (χ2n) is 11.8. The standard InChI is InChI=1S/C33H39ClN8O2/c1-39-19-14-28(15-20-39)40(2)31(43)24-6-12-27(13-7-24)36-32-37-30-29(5-4-18-42(30)38-32)41-21-16-33(17-22-41,23-35-44-3)25-8-10-26(34)11-9-25/h4-13,18,23,28H,14-17,19-22H2,1-3H3,(H,36,38)/b35-23+. The van der Waals surface area contributed by atoms with Gasteiger partial charge < -0.3 is 24.9 Å². The Hall–Kier alpha value is -4.15. The third-order valence-electron chi connectivity index (χ3n) is 9.11. The smallest absolute Gasteiger partial charge is 0.253 e. The number of piperidine rings is 2. The number of pyridine rings is 1. The maximum atomic E-state index is 13.1. The molecule has 2 aromatic heterocycles. The maximum absolute atomic E-state index is 13.1. The van der Waals surface area contributed by atoms with Crippen molar-refractivity contribution in [2.75, 3.05) is 57.6 Å². The molecule has 2 aliphatic heterocycles. The Kier molecular flexibility index (Phi) is 8.72. The van der Waals surface area contributed by atoms with E-state index in [2.05, 4.69) is 50.6 Å². The summed E-state index contributed by atoms with van der Waals surface area (Å²) in [6, 6.07) is 19.9. The second kappa shape index (κ2) is 12.8. The Morgan fingerprint density at radius 1 is 1.07 bits per heavy atom. The van der Waals surface area contributed by atoms with E-state index in [1.54, 1.807) is 11.6 Å². The van der Waals surface area contributed by atoms with Gasteiger partial charge in [0.15, 0.2) is 5.65 Å². The van der Waals surface area contributed by atoms with Crippen LogP contribution in [0.5, 0.6) is 0 Å². The lowest BCUT2D eigenvalue weighted by molar-refractivity contribution is 0.0659. The molecule has 6 rings (SSSR count). The fourth-order valence-electron chi connectivity index (χ4n) is 6.34. The van der Waals surface area contributed by atoms with Gasteiger partial charge in [-0.1, -0.05) is 28.9 Å². The van der Waals surface area contributed by atoms with Crippen LogP contribution >= 0.6 is 11.6 Å². The normalized spacial score (nSPS) is 17.7. The summed E-state index contributed by atoms with van der Waals surface area (Å²) in [7, 11) is 5.61. The van der Waals surface area contributed by atoms with Crippen LogP contribution in [0.15, 0.2) is 72.0 Å². The molecule has 2 saturated heterocycles. The molecule has 0 unspecified atom stereocenters. The van der Waals surface area contributed by atoms with E-state index >= 15 is 0 Å². The van der Waals surface area contributed by atoms with Crippen molar-refractivity contribution < 1.29 is 9.63 Å². The SMILES string of the molecule is CO/N=C/C1(c2ccc(Cl)cc2)CCN(c2cccn3nc(Nc4ccc(C(=O)N(C)C5CCN(C)CC5)cc4)nc23)CC1. The number of oxime groups is 1. The number of likely N-dealkylation sites (tertiary alicyclic amines) is 1. The number of hydrogen-bond donors (Lipinski definition) is 1. The van der Waals surface area contributed by atoms with Crippen LogP contribution in [0.25, 0.3) is 5.65 Å². The summed E-state index contributed by atoms with van der Waals surface area (Å²) in [5, 5.41) is 12.9. The molecule has 230 valence electrons. The van der Waals surface area contributed by atoms with Crippen LogP contribution < -0.4 is 10.2 Å². The van der Waals surface area contributed by atoms with Crippen LogP contribution in [0.3, 0.4) is 0 Å². The minimum Gasteiger partial charge on any atom is -0.399 e. The Balaban J connectivity index is 1.14. The Morgan fingerprint density at radius 2 is 1.77 bits per heavy atom. The highest BCUT2D eigenvalue weighted by molar-refractivity contribution is 6.30. The number of amides is 1. The minimum atomic E-state index is -0.238. The van der Waals surface area contributed by atoms with Gasteiger partial charge in [0.2, 0.25) is 5.95 Å². The van der Waals surface area contributed by atoms with Gasteiger partial charge in [0, 0.05) is 54.1 Å². The molecular formula is C33H39ClN8O2. The van der Waals surface area contributed by atoms with E-state index < -0.39 is 0 Å². The van der Waals surface area contributed by atoms with Crippen molar-refractivity contribution in [3.63, 3.8) is 0 Å². The van der Waals surface area contributed by atoms with Gasteiger partial charge in [0.05, 0.1) is 11.9 Å². The molecule has 4 heterocycles. The molecule has 0 spiro atoms. The van der Waals surface area contributed by atoms with Crippen LogP contribution in [0.1, 0.15) is 41.6 Å². The Morgan fingerprint density at radius 3 is 2.45 bits per heavy atom. The lowest BCUT2D eigenvalue weighted by Crippen LogP contribution is -2.44. The fourth-order valence-corrected chi connectivity index (χ4v) is 6.47. The maximum Gasteiger partial charge on any atom is 0.253 e. The number of carbonyl (C=O) groups excluding carboxylic acids is 1. The number of benzene rings is 2. The van der Waals surface area contributed by atoms with Gasteiger partial charge in [0.25, 0.3) is 5.91 Å². The Labute approximate surface area is 263 Å². The number of aromatic nitrogens is 3. The number of fused-ring (bicyclic) bond motifs is 1. The molecular weight excluding hydrogens is 576 g/mol. The van der Waals surface area contributed by atoms with E-state index in [0.717, 1.165) is 68.9 Å². The predicted octanol–water partition coefficient (Wildman–Crippen LogP) is 5.46. The van der Waals surface area contributed by atoms with Gasteiger partial charge >= 0.3 is 0 Å². The van der Waals surface area contributed by atoms with Crippen molar-refractivity contribution in [2.45, 2.75) is 37.1 Å². The van der Waals surface area contributed by atoms with Crippen LogP contribution in [0.4, 0.5) is 17.3 Å². The molecule has 44 heavy (non-hydrogen) atoms. The van der Waals surface area contributed by atoms with Crippen molar-refractivity contribution >= 4 is 46.7 Å². The molecule has 2 aliphatic rings. The average Bonchev–Trinajstić information content (AvgIpc) is 3.47. The molecule has 1 N–H and O–H groups in total. The molecule has 1 amide bonds. The monoisotopic (exact) mass is 614 g/mol. The van der Waals surface area contributed by atoms with E-state index in [-0.39, 0.29) is 17.4 Å². The van der Waals surface area contributed by atoms with Gasteiger partial charge in [0.1, 0.15) is 7.11 Å². The summed E-state index contributed by atoms with van der Waals surface area (Å²) >= 11 is 6.17. The van der Waals surface area contributed by atoms with Gasteiger partial charge in [-0.25, -0.2) is 4.52 Å². The largest absolute Gasteiger partial charge is 0.399 e. The van der Waals surface area contributed by atoms with E-state index in [4.69, 9.17) is 21.4 Å². The third kappa shape index (κ3) is 6.23. The zero-order valence-corrected chi connectivity index (χ0v) is 26.2. The summed E-state index contributed by atoms with van der Waals surface area (Å²) in [5.41, 5.74) is 4.25. The molecule has 0 saturated carbocycles. The first-order valence-corrected chi connectivity index (χ1v) is 15.5. The van der Waals surface area contributed by atoms with Gasteiger partial charge in [-0.05, 0) is 99.9 Å². The number of hydrogen-bond acceptors (Lipinski definition) is 8. The number of anilines is 3. The molecule has 2 aromatic carbocycles. The van der Waals surface area contributed by atoms with Crippen molar-refractivity contribution in [3.8, 4) is 0 Å². The molecule has 11 heteroatoms. The molecule has 0 bridgehead atoms. The summed E-state index contributed by atoms with van der Waals surface area (Å²) in [6.45, 7) is 3.67. The molecule has 0 aliphatic carbocycles. The molecule has 0 radical (unpaired) electrons. The first-order valence-electron chi connectivity index (χ1n) is 15.1. The van der Waals surface area contributed by atoms with Crippen LogP contribution in [-0.2, 0) is 10.3 Å². The predicted molar refractivity (Wildman–Crippen MR) is 175 cm³/mol. The topological polar surface area (TPSA) is 90.6 Å².